The Morgan fingerprint density at radius 2 is 2.15 bits per heavy atom. The molecule has 0 N–H and O–H groups in total. The standard InChI is InChI=1S/C13H17ClN4O2/c1-8(13(19)17(2)3)18-10(7-14)15-9-5-6-11(20-4)16-12(9)18/h5-6,8H,7H2,1-4H3. The number of rotatable bonds is 4. The molecule has 1 atom stereocenters. The molecule has 0 aromatic carbocycles. The van der Waals surface area contributed by atoms with E-state index in [1.807, 2.05) is 0 Å². The van der Waals surface area contributed by atoms with Crippen LogP contribution in [0.15, 0.2) is 12.1 Å². The molecule has 0 saturated heterocycles. The molecule has 1 amide bonds. The van der Waals surface area contributed by atoms with Crippen molar-refractivity contribution in [1.29, 1.82) is 0 Å². The molecule has 0 aliphatic heterocycles. The van der Waals surface area contributed by atoms with E-state index in [1.54, 1.807) is 44.8 Å². The van der Waals surface area contributed by atoms with Gasteiger partial charge in [0, 0.05) is 20.2 Å². The van der Waals surface area contributed by atoms with Gasteiger partial charge in [0.05, 0.1) is 13.0 Å². The largest absolute Gasteiger partial charge is 0.481 e. The van der Waals surface area contributed by atoms with Gasteiger partial charge in [0.25, 0.3) is 0 Å². The summed E-state index contributed by atoms with van der Waals surface area (Å²) in [6, 6.07) is 3.11. The Morgan fingerprint density at radius 1 is 1.45 bits per heavy atom. The monoisotopic (exact) mass is 296 g/mol. The topological polar surface area (TPSA) is 60.3 Å². The van der Waals surface area contributed by atoms with Crippen LogP contribution in [0.25, 0.3) is 11.2 Å². The van der Waals surface area contributed by atoms with Crippen molar-refractivity contribution in [3.05, 3.63) is 18.0 Å². The van der Waals surface area contributed by atoms with Gasteiger partial charge in [0.15, 0.2) is 5.65 Å². The van der Waals surface area contributed by atoms with Crippen molar-refractivity contribution in [1.82, 2.24) is 19.4 Å². The van der Waals surface area contributed by atoms with E-state index in [4.69, 9.17) is 16.3 Å². The Balaban J connectivity index is 2.62. The summed E-state index contributed by atoms with van der Waals surface area (Å²) in [5.41, 5.74) is 1.29. The van der Waals surface area contributed by atoms with E-state index in [9.17, 15) is 4.79 Å². The third-order valence-electron chi connectivity index (χ3n) is 3.10. The molecule has 0 saturated carbocycles. The maximum atomic E-state index is 12.2. The summed E-state index contributed by atoms with van der Waals surface area (Å²) in [4.78, 5) is 22.5. The number of nitrogens with zero attached hydrogens (tertiary/aromatic N) is 4. The minimum Gasteiger partial charge on any atom is -0.481 e. The Labute approximate surface area is 122 Å². The maximum absolute atomic E-state index is 12.2. The van der Waals surface area contributed by atoms with Crippen molar-refractivity contribution in [2.24, 2.45) is 0 Å². The first-order chi connectivity index (χ1) is 9.49. The molecule has 0 fully saturated rings. The highest BCUT2D eigenvalue weighted by Gasteiger charge is 2.23. The fourth-order valence-corrected chi connectivity index (χ4v) is 2.29. The number of alkyl halides is 1. The zero-order valence-electron chi connectivity index (χ0n) is 11.9. The van der Waals surface area contributed by atoms with E-state index in [1.165, 1.54) is 4.90 Å². The molecule has 2 aromatic heterocycles. The molecule has 7 heteroatoms. The average Bonchev–Trinajstić information content (AvgIpc) is 2.82. The third kappa shape index (κ3) is 2.43. The second-order valence-electron chi connectivity index (χ2n) is 4.64. The summed E-state index contributed by atoms with van der Waals surface area (Å²) in [6.45, 7) is 1.81. The number of methoxy groups -OCH3 is 1. The average molecular weight is 297 g/mol. The third-order valence-corrected chi connectivity index (χ3v) is 3.34. The van der Waals surface area contributed by atoms with Gasteiger partial charge in [-0.1, -0.05) is 0 Å². The molecule has 0 spiro atoms. The molecular weight excluding hydrogens is 280 g/mol. The normalized spacial score (nSPS) is 12.4. The van der Waals surface area contributed by atoms with Gasteiger partial charge in [-0.3, -0.25) is 9.36 Å². The van der Waals surface area contributed by atoms with Crippen LogP contribution < -0.4 is 4.74 Å². The zero-order chi connectivity index (χ0) is 14.9. The lowest BCUT2D eigenvalue weighted by molar-refractivity contribution is -0.131. The second kappa shape index (κ2) is 5.66. The molecule has 1 unspecified atom stereocenters. The van der Waals surface area contributed by atoms with E-state index >= 15 is 0 Å². The first-order valence-electron chi connectivity index (χ1n) is 6.18. The van der Waals surface area contributed by atoms with Gasteiger partial charge in [0.1, 0.15) is 17.4 Å². The number of aromatic nitrogens is 3. The lowest BCUT2D eigenvalue weighted by atomic mass is 10.3. The summed E-state index contributed by atoms with van der Waals surface area (Å²) in [5.74, 6) is 1.26. The number of ether oxygens (including phenoxy) is 1. The highest BCUT2D eigenvalue weighted by atomic mass is 35.5. The molecule has 2 rings (SSSR count). The Kier molecular flexibility index (Phi) is 4.13. The van der Waals surface area contributed by atoms with Crippen LogP contribution in [0.3, 0.4) is 0 Å². The number of hydrogen-bond acceptors (Lipinski definition) is 4. The molecule has 20 heavy (non-hydrogen) atoms. The summed E-state index contributed by atoms with van der Waals surface area (Å²) in [6.07, 6.45) is 0. The number of pyridine rings is 1. The molecule has 0 aliphatic rings. The van der Waals surface area contributed by atoms with Crippen LogP contribution in [0.2, 0.25) is 0 Å². The van der Waals surface area contributed by atoms with Gasteiger partial charge in [0.2, 0.25) is 11.8 Å². The lowest BCUT2D eigenvalue weighted by Crippen LogP contribution is -2.30. The van der Waals surface area contributed by atoms with Crippen molar-refractivity contribution in [2.75, 3.05) is 21.2 Å². The predicted octanol–water partition coefficient (Wildman–Crippen LogP) is 1.83. The number of halogens is 1. The smallest absolute Gasteiger partial charge is 0.244 e. The molecule has 6 nitrogen and oxygen atoms in total. The fourth-order valence-electron chi connectivity index (χ4n) is 2.10. The quantitative estimate of drug-likeness (QED) is 0.808. The highest BCUT2D eigenvalue weighted by molar-refractivity contribution is 6.16. The number of imidazole rings is 1. The Bertz CT molecular complexity index is 639. The highest BCUT2D eigenvalue weighted by Crippen LogP contribution is 2.24. The van der Waals surface area contributed by atoms with Crippen LogP contribution in [0, 0.1) is 0 Å². The van der Waals surface area contributed by atoms with Crippen molar-refractivity contribution in [2.45, 2.75) is 18.8 Å². The van der Waals surface area contributed by atoms with Gasteiger partial charge >= 0.3 is 0 Å². The van der Waals surface area contributed by atoms with Crippen LogP contribution in [-0.4, -0.2) is 46.5 Å². The van der Waals surface area contributed by atoms with Crippen LogP contribution in [0.1, 0.15) is 18.8 Å². The second-order valence-corrected chi connectivity index (χ2v) is 4.90. The van der Waals surface area contributed by atoms with E-state index in [-0.39, 0.29) is 11.8 Å². The summed E-state index contributed by atoms with van der Waals surface area (Å²) in [7, 11) is 4.98. The van der Waals surface area contributed by atoms with E-state index in [0.29, 0.717) is 22.9 Å². The van der Waals surface area contributed by atoms with E-state index in [0.717, 1.165) is 0 Å². The van der Waals surface area contributed by atoms with E-state index in [2.05, 4.69) is 9.97 Å². The zero-order valence-corrected chi connectivity index (χ0v) is 12.7. The Morgan fingerprint density at radius 3 is 2.70 bits per heavy atom. The Hall–Kier alpha value is -1.82. The number of carbonyl (C=O) groups excluding carboxylic acids is 1. The van der Waals surface area contributed by atoms with Gasteiger partial charge in [-0.15, -0.1) is 11.6 Å². The minimum absolute atomic E-state index is 0.0414. The van der Waals surface area contributed by atoms with Gasteiger partial charge < -0.3 is 9.64 Å². The van der Waals surface area contributed by atoms with Crippen molar-refractivity contribution < 1.29 is 9.53 Å². The SMILES string of the molecule is COc1ccc2nc(CCl)n(C(C)C(=O)N(C)C)c2n1. The first-order valence-corrected chi connectivity index (χ1v) is 6.72. The molecule has 2 heterocycles. The number of hydrogen-bond donors (Lipinski definition) is 0. The van der Waals surface area contributed by atoms with Gasteiger partial charge in [-0.2, -0.15) is 4.98 Å². The summed E-state index contributed by atoms with van der Waals surface area (Å²) >= 11 is 5.94. The number of amides is 1. The summed E-state index contributed by atoms with van der Waals surface area (Å²) < 4.78 is 6.88. The minimum atomic E-state index is -0.427. The maximum Gasteiger partial charge on any atom is 0.244 e. The summed E-state index contributed by atoms with van der Waals surface area (Å²) in [5, 5.41) is 0. The molecule has 0 bridgehead atoms. The van der Waals surface area contributed by atoms with Crippen molar-refractivity contribution in [3.8, 4) is 5.88 Å². The molecular formula is C13H17ClN4O2. The van der Waals surface area contributed by atoms with Crippen LogP contribution in [0.5, 0.6) is 5.88 Å². The molecule has 0 aliphatic carbocycles. The molecule has 108 valence electrons. The van der Waals surface area contributed by atoms with Gasteiger partial charge in [-0.05, 0) is 13.0 Å². The predicted molar refractivity (Wildman–Crippen MR) is 77.0 cm³/mol. The van der Waals surface area contributed by atoms with E-state index < -0.39 is 6.04 Å². The number of fused-ring (bicyclic) bond motifs is 1. The van der Waals surface area contributed by atoms with Crippen molar-refractivity contribution in [3.63, 3.8) is 0 Å². The van der Waals surface area contributed by atoms with Crippen LogP contribution in [0.4, 0.5) is 0 Å². The van der Waals surface area contributed by atoms with Crippen LogP contribution in [-0.2, 0) is 10.7 Å². The first kappa shape index (κ1) is 14.6. The van der Waals surface area contributed by atoms with Crippen molar-refractivity contribution >= 4 is 28.7 Å². The van der Waals surface area contributed by atoms with Gasteiger partial charge in [-0.25, -0.2) is 4.98 Å². The number of carbonyl (C=O) groups is 1. The molecule has 0 radical (unpaired) electrons. The fraction of sp³-hybridized carbons (Fsp3) is 0.462. The molecule has 2 aromatic rings. The number of likely N-dealkylation sites (N-methyl/N-ethyl adjacent to an activating group) is 1. The lowest BCUT2D eigenvalue weighted by Gasteiger charge is -2.19. The van der Waals surface area contributed by atoms with Crippen LogP contribution >= 0.6 is 11.6 Å².